The van der Waals surface area contributed by atoms with Gasteiger partial charge in [-0.15, -0.1) is 0 Å². The van der Waals surface area contributed by atoms with Crippen LogP contribution in [-0.4, -0.2) is 43.7 Å². The van der Waals surface area contributed by atoms with Gasteiger partial charge in [-0.1, -0.05) is 6.07 Å². The number of nitriles is 1. The molecule has 1 aliphatic rings. The Morgan fingerprint density at radius 1 is 1.50 bits per heavy atom. The zero-order valence-corrected chi connectivity index (χ0v) is 9.96. The van der Waals surface area contributed by atoms with E-state index in [1.54, 1.807) is 29.2 Å². The highest BCUT2D eigenvalue weighted by atomic mass is 16.5. The Morgan fingerprint density at radius 2 is 2.39 bits per heavy atom. The molecule has 0 atom stereocenters. The molecular weight excluding hydrogens is 232 g/mol. The molecule has 0 N–H and O–H groups in total. The third-order valence-electron chi connectivity index (χ3n) is 2.68. The molecular formula is C13H14N2O3. The maximum absolute atomic E-state index is 11.4. The van der Waals surface area contributed by atoms with E-state index in [9.17, 15) is 4.79 Å². The van der Waals surface area contributed by atoms with Crippen LogP contribution in [0.4, 0.5) is 0 Å². The van der Waals surface area contributed by atoms with Gasteiger partial charge in [0.2, 0.25) is 5.91 Å². The molecule has 0 spiro atoms. The van der Waals surface area contributed by atoms with Crippen molar-refractivity contribution in [2.45, 2.75) is 0 Å². The third-order valence-corrected chi connectivity index (χ3v) is 2.68. The smallest absolute Gasteiger partial charge is 0.248 e. The first-order valence-corrected chi connectivity index (χ1v) is 5.78. The average molecular weight is 246 g/mol. The van der Waals surface area contributed by atoms with Crippen molar-refractivity contribution in [1.29, 1.82) is 5.26 Å². The molecule has 0 unspecified atom stereocenters. The second-order valence-corrected chi connectivity index (χ2v) is 3.92. The number of nitrogens with zero attached hydrogens (tertiary/aromatic N) is 2. The first-order chi connectivity index (χ1) is 8.79. The van der Waals surface area contributed by atoms with Crippen LogP contribution in [0.15, 0.2) is 24.3 Å². The Hall–Kier alpha value is -2.06. The first-order valence-electron chi connectivity index (χ1n) is 5.78. The topological polar surface area (TPSA) is 62.6 Å². The zero-order chi connectivity index (χ0) is 12.8. The maximum Gasteiger partial charge on any atom is 0.248 e. The molecule has 0 saturated carbocycles. The maximum atomic E-state index is 11.4. The fourth-order valence-electron chi connectivity index (χ4n) is 1.72. The third kappa shape index (κ3) is 3.22. The summed E-state index contributed by atoms with van der Waals surface area (Å²) in [4.78, 5) is 13.2. The molecule has 1 saturated heterocycles. The van der Waals surface area contributed by atoms with Crippen LogP contribution < -0.4 is 4.74 Å². The first kappa shape index (κ1) is 12.4. The van der Waals surface area contributed by atoms with Crippen molar-refractivity contribution in [2.75, 3.05) is 32.9 Å². The second-order valence-electron chi connectivity index (χ2n) is 3.92. The molecule has 5 nitrogen and oxygen atoms in total. The summed E-state index contributed by atoms with van der Waals surface area (Å²) in [5, 5.41) is 8.75. The van der Waals surface area contributed by atoms with Crippen LogP contribution >= 0.6 is 0 Å². The normalized spacial score (nSPS) is 15.3. The minimum atomic E-state index is -0.00405. The van der Waals surface area contributed by atoms with Crippen molar-refractivity contribution in [3.63, 3.8) is 0 Å². The number of hydrogen-bond acceptors (Lipinski definition) is 4. The van der Waals surface area contributed by atoms with Gasteiger partial charge in [0.05, 0.1) is 24.8 Å². The molecule has 94 valence electrons. The highest BCUT2D eigenvalue weighted by molar-refractivity contribution is 5.77. The van der Waals surface area contributed by atoms with Gasteiger partial charge in [0.25, 0.3) is 0 Å². The van der Waals surface area contributed by atoms with Crippen LogP contribution in [0.25, 0.3) is 0 Å². The number of rotatable bonds is 4. The van der Waals surface area contributed by atoms with E-state index in [4.69, 9.17) is 14.7 Å². The Bertz CT molecular complexity index is 468. The molecule has 1 aliphatic heterocycles. The van der Waals surface area contributed by atoms with Gasteiger partial charge in [-0.05, 0) is 18.2 Å². The van der Waals surface area contributed by atoms with E-state index >= 15 is 0 Å². The minimum Gasteiger partial charge on any atom is -0.492 e. The Labute approximate surface area is 106 Å². The van der Waals surface area contributed by atoms with E-state index in [-0.39, 0.29) is 12.5 Å². The summed E-state index contributed by atoms with van der Waals surface area (Å²) in [7, 11) is 0. The fraction of sp³-hybridized carbons (Fsp3) is 0.385. The van der Waals surface area contributed by atoms with Gasteiger partial charge in [0.1, 0.15) is 19.0 Å². The van der Waals surface area contributed by atoms with Crippen LogP contribution in [0, 0.1) is 11.3 Å². The molecule has 0 radical (unpaired) electrons. The average Bonchev–Trinajstić information content (AvgIpc) is 2.41. The quantitative estimate of drug-likeness (QED) is 0.788. The Balaban J connectivity index is 1.81. The van der Waals surface area contributed by atoms with Crippen LogP contribution in [0.5, 0.6) is 5.75 Å². The van der Waals surface area contributed by atoms with Crippen molar-refractivity contribution in [1.82, 2.24) is 4.90 Å². The number of morpholine rings is 1. The van der Waals surface area contributed by atoms with E-state index in [1.165, 1.54) is 0 Å². The molecule has 1 heterocycles. The molecule has 1 amide bonds. The van der Waals surface area contributed by atoms with Crippen LogP contribution in [0.3, 0.4) is 0 Å². The molecule has 0 bridgehead atoms. The summed E-state index contributed by atoms with van der Waals surface area (Å²) < 4.78 is 10.6. The lowest BCUT2D eigenvalue weighted by Gasteiger charge is -2.26. The molecule has 18 heavy (non-hydrogen) atoms. The molecule has 1 fully saturated rings. The molecule has 0 aliphatic carbocycles. The molecule has 1 aromatic carbocycles. The lowest BCUT2D eigenvalue weighted by atomic mass is 10.2. The van der Waals surface area contributed by atoms with Crippen molar-refractivity contribution < 1.29 is 14.3 Å². The Kier molecular flexibility index (Phi) is 4.15. The van der Waals surface area contributed by atoms with Crippen LogP contribution in [-0.2, 0) is 9.53 Å². The summed E-state index contributed by atoms with van der Waals surface area (Å²) in [5.41, 5.74) is 0.565. The SMILES string of the molecule is N#Cc1cccc(OCCN2CCOCC2=O)c1. The molecule has 5 heteroatoms. The highest BCUT2D eigenvalue weighted by Crippen LogP contribution is 2.12. The predicted molar refractivity (Wildman–Crippen MR) is 64.1 cm³/mol. The van der Waals surface area contributed by atoms with Gasteiger partial charge < -0.3 is 14.4 Å². The summed E-state index contributed by atoms with van der Waals surface area (Å²) in [5.74, 6) is 0.644. The van der Waals surface area contributed by atoms with Crippen LogP contribution in [0.1, 0.15) is 5.56 Å². The lowest BCUT2D eigenvalue weighted by molar-refractivity contribution is -0.143. The van der Waals surface area contributed by atoms with Crippen molar-refractivity contribution in [3.05, 3.63) is 29.8 Å². The van der Waals surface area contributed by atoms with Gasteiger partial charge in [0, 0.05) is 6.54 Å². The molecule has 2 rings (SSSR count). The summed E-state index contributed by atoms with van der Waals surface area (Å²) in [6, 6.07) is 9.02. The number of amides is 1. The van der Waals surface area contributed by atoms with Crippen molar-refractivity contribution in [3.8, 4) is 11.8 Å². The lowest BCUT2D eigenvalue weighted by Crippen LogP contribution is -2.43. The number of carbonyl (C=O) groups excluding carboxylic acids is 1. The number of benzene rings is 1. The molecule has 1 aromatic rings. The zero-order valence-electron chi connectivity index (χ0n) is 9.96. The largest absolute Gasteiger partial charge is 0.492 e. The summed E-state index contributed by atoms with van der Waals surface area (Å²) in [6.45, 7) is 2.31. The van der Waals surface area contributed by atoms with E-state index in [0.717, 1.165) is 0 Å². The van der Waals surface area contributed by atoms with Gasteiger partial charge in [0.15, 0.2) is 0 Å². The van der Waals surface area contributed by atoms with Crippen LogP contribution in [0.2, 0.25) is 0 Å². The fourth-order valence-corrected chi connectivity index (χ4v) is 1.72. The standard InChI is InChI=1S/C13H14N2O3/c14-9-11-2-1-3-12(8-11)18-7-5-15-4-6-17-10-13(15)16/h1-3,8H,4-7,10H2. The molecule has 0 aromatic heterocycles. The van der Waals surface area contributed by atoms with Gasteiger partial charge >= 0.3 is 0 Å². The van der Waals surface area contributed by atoms with Gasteiger partial charge in [-0.25, -0.2) is 0 Å². The van der Waals surface area contributed by atoms with Gasteiger partial charge in [-0.3, -0.25) is 4.79 Å². The summed E-state index contributed by atoms with van der Waals surface area (Å²) in [6.07, 6.45) is 0. The van der Waals surface area contributed by atoms with E-state index < -0.39 is 0 Å². The van der Waals surface area contributed by atoms with Crippen molar-refractivity contribution >= 4 is 5.91 Å². The minimum absolute atomic E-state index is 0.00405. The number of hydrogen-bond donors (Lipinski definition) is 0. The summed E-state index contributed by atoms with van der Waals surface area (Å²) >= 11 is 0. The number of ether oxygens (including phenoxy) is 2. The highest BCUT2D eigenvalue weighted by Gasteiger charge is 2.17. The van der Waals surface area contributed by atoms with E-state index in [1.807, 2.05) is 0 Å². The van der Waals surface area contributed by atoms with Gasteiger partial charge in [-0.2, -0.15) is 5.26 Å². The monoisotopic (exact) mass is 246 g/mol. The van der Waals surface area contributed by atoms with Crippen molar-refractivity contribution in [2.24, 2.45) is 0 Å². The number of carbonyl (C=O) groups is 1. The predicted octanol–water partition coefficient (Wildman–Crippen LogP) is 0.796. The second kappa shape index (κ2) is 6.03. The van der Waals surface area contributed by atoms with E-state index in [0.29, 0.717) is 37.6 Å². The Morgan fingerprint density at radius 3 is 3.17 bits per heavy atom. The van der Waals surface area contributed by atoms with E-state index in [2.05, 4.69) is 6.07 Å².